The average Bonchev–Trinajstić information content (AvgIpc) is 2.29. The summed E-state index contributed by atoms with van der Waals surface area (Å²) in [5.74, 6) is 0.762. The van der Waals surface area contributed by atoms with Gasteiger partial charge in [0.2, 0.25) is 0 Å². The predicted molar refractivity (Wildman–Crippen MR) is 74.3 cm³/mol. The summed E-state index contributed by atoms with van der Waals surface area (Å²) >= 11 is 0. The van der Waals surface area contributed by atoms with Crippen molar-refractivity contribution in [3.8, 4) is 0 Å². The highest BCUT2D eigenvalue weighted by atomic mass is 15.1. The zero-order chi connectivity index (χ0) is 12.3. The Morgan fingerprint density at radius 3 is 2.88 bits per heavy atom. The van der Waals surface area contributed by atoms with Crippen LogP contribution in [0.1, 0.15) is 12.8 Å². The molecule has 94 valence electrons. The molecule has 1 saturated heterocycles. The molecule has 0 saturated carbocycles. The molecule has 0 amide bonds. The Labute approximate surface area is 104 Å². The molecule has 0 aliphatic carbocycles. The molecule has 0 spiro atoms. The maximum absolute atomic E-state index is 6.00. The van der Waals surface area contributed by atoms with Crippen LogP contribution < -0.4 is 10.6 Å². The summed E-state index contributed by atoms with van der Waals surface area (Å²) in [6, 6.07) is 8.11. The van der Waals surface area contributed by atoms with Crippen molar-refractivity contribution in [1.29, 1.82) is 0 Å². The summed E-state index contributed by atoms with van der Waals surface area (Å²) in [6.07, 6.45) is 2.65. The third kappa shape index (κ3) is 3.13. The molecule has 1 fully saturated rings. The van der Waals surface area contributed by atoms with Crippen LogP contribution in [0, 0.1) is 5.92 Å². The lowest BCUT2D eigenvalue weighted by Crippen LogP contribution is -2.38. The summed E-state index contributed by atoms with van der Waals surface area (Å²) in [5.41, 5.74) is 8.03. The average molecular weight is 233 g/mol. The number of benzene rings is 1. The van der Waals surface area contributed by atoms with E-state index in [1.54, 1.807) is 0 Å². The molecule has 1 unspecified atom stereocenters. The van der Waals surface area contributed by atoms with Crippen LogP contribution in [0.3, 0.4) is 0 Å². The molecule has 3 nitrogen and oxygen atoms in total. The summed E-state index contributed by atoms with van der Waals surface area (Å²) in [4.78, 5) is 4.72. The van der Waals surface area contributed by atoms with E-state index in [1.807, 2.05) is 12.1 Å². The van der Waals surface area contributed by atoms with Crippen LogP contribution in [0.25, 0.3) is 0 Å². The molecule has 0 radical (unpaired) electrons. The Morgan fingerprint density at radius 2 is 2.18 bits per heavy atom. The van der Waals surface area contributed by atoms with Gasteiger partial charge < -0.3 is 15.5 Å². The first-order valence-electron chi connectivity index (χ1n) is 6.41. The van der Waals surface area contributed by atoms with Gasteiger partial charge in [-0.2, -0.15) is 0 Å². The molecule has 2 rings (SSSR count). The number of hydrogen-bond acceptors (Lipinski definition) is 3. The zero-order valence-corrected chi connectivity index (χ0v) is 10.9. The van der Waals surface area contributed by atoms with Crippen LogP contribution in [-0.4, -0.2) is 38.6 Å². The molecule has 0 bridgehead atoms. The number of anilines is 2. The lowest BCUT2D eigenvalue weighted by Gasteiger charge is -2.33. The Bertz CT molecular complexity index is 364. The minimum atomic E-state index is 0.762. The Balaban J connectivity index is 1.97. The minimum Gasteiger partial charge on any atom is -0.397 e. The molecule has 1 heterocycles. The van der Waals surface area contributed by atoms with E-state index in [-0.39, 0.29) is 0 Å². The van der Waals surface area contributed by atoms with Crippen LogP contribution in [-0.2, 0) is 0 Å². The number of nitrogen functional groups attached to an aromatic ring is 1. The van der Waals surface area contributed by atoms with Gasteiger partial charge in [-0.1, -0.05) is 12.1 Å². The second-order valence-electron chi connectivity index (χ2n) is 5.21. The highest BCUT2D eigenvalue weighted by Crippen LogP contribution is 2.24. The molecule has 17 heavy (non-hydrogen) atoms. The molecular weight excluding hydrogens is 210 g/mol. The van der Waals surface area contributed by atoms with Gasteiger partial charge in [-0.25, -0.2) is 0 Å². The molecule has 2 N–H and O–H groups in total. The fourth-order valence-corrected chi connectivity index (χ4v) is 2.74. The zero-order valence-electron chi connectivity index (χ0n) is 10.9. The van der Waals surface area contributed by atoms with Crippen molar-refractivity contribution >= 4 is 11.4 Å². The van der Waals surface area contributed by atoms with Gasteiger partial charge in [-0.05, 0) is 44.5 Å². The molecule has 1 aromatic carbocycles. The lowest BCUT2D eigenvalue weighted by molar-refractivity contribution is 0.213. The van der Waals surface area contributed by atoms with Gasteiger partial charge in [0, 0.05) is 20.1 Å². The van der Waals surface area contributed by atoms with Crippen molar-refractivity contribution in [2.45, 2.75) is 12.8 Å². The lowest BCUT2D eigenvalue weighted by atomic mass is 9.98. The quantitative estimate of drug-likeness (QED) is 0.811. The largest absolute Gasteiger partial charge is 0.397 e. The van der Waals surface area contributed by atoms with Crippen LogP contribution in [0.2, 0.25) is 0 Å². The van der Waals surface area contributed by atoms with E-state index in [1.165, 1.54) is 25.9 Å². The van der Waals surface area contributed by atoms with E-state index < -0.39 is 0 Å². The molecule has 3 heteroatoms. The van der Waals surface area contributed by atoms with E-state index in [0.717, 1.165) is 23.8 Å². The van der Waals surface area contributed by atoms with Crippen molar-refractivity contribution in [2.24, 2.45) is 5.92 Å². The number of piperidine rings is 1. The smallest absolute Gasteiger partial charge is 0.0597 e. The fraction of sp³-hybridized carbons (Fsp3) is 0.571. The molecule has 1 aromatic rings. The normalized spacial score (nSPS) is 21.4. The number of nitrogens with two attached hydrogens (primary N) is 1. The van der Waals surface area contributed by atoms with Gasteiger partial charge in [-0.3, -0.25) is 0 Å². The van der Waals surface area contributed by atoms with Crippen LogP contribution >= 0.6 is 0 Å². The number of likely N-dealkylation sites (tertiary alicyclic amines) is 1. The predicted octanol–water partition coefficient (Wildman–Crippen LogP) is 2.05. The van der Waals surface area contributed by atoms with Gasteiger partial charge in [0.1, 0.15) is 0 Å². The van der Waals surface area contributed by atoms with Crippen LogP contribution in [0.15, 0.2) is 24.3 Å². The topological polar surface area (TPSA) is 32.5 Å². The summed E-state index contributed by atoms with van der Waals surface area (Å²) < 4.78 is 0. The standard InChI is InChI=1S/C14H23N3/c1-16-9-5-6-12(10-16)11-17(2)14-8-4-3-7-13(14)15/h3-4,7-8,12H,5-6,9-11,15H2,1-2H3. The second-order valence-corrected chi connectivity index (χ2v) is 5.21. The molecule has 1 aliphatic rings. The third-order valence-corrected chi connectivity index (χ3v) is 3.60. The highest BCUT2D eigenvalue weighted by Gasteiger charge is 2.19. The first-order chi connectivity index (χ1) is 8.16. The maximum Gasteiger partial charge on any atom is 0.0597 e. The van der Waals surface area contributed by atoms with Gasteiger partial charge in [-0.15, -0.1) is 0 Å². The van der Waals surface area contributed by atoms with Crippen molar-refractivity contribution in [1.82, 2.24) is 4.90 Å². The van der Waals surface area contributed by atoms with E-state index >= 15 is 0 Å². The monoisotopic (exact) mass is 233 g/mol. The van der Waals surface area contributed by atoms with Crippen molar-refractivity contribution in [2.75, 3.05) is 44.4 Å². The number of rotatable bonds is 3. The third-order valence-electron chi connectivity index (χ3n) is 3.60. The first kappa shape index (κ1) is 12.2. The number of hydrogen-bond donors (Lipinski definition) is 1. The van der Waals surface area contributed by atoms with Crippen molar-refractivity contribution in [3.05, 3.63) is 24.3 Å². The molecule has 0 aromatic heterocycles. The van der Waals surface area contributed by atoms with E-state index in [9.17, 15) is 0 Å². The van der Waals surface area contributed by atoms with Gasteiger partial charge in [0.25, 0.3) is 0 Å². The first-order valence-corrected chi connectivity index (χ1v) is 6.41. The molecular formula is C14H23N3. The number of para-hydroxylation sites is 2. The SMILES string of the molecule is CN1CCCC(CN(C)c2ccccc2N)C1. The fourth-order valence-electron chi connectivity index (χ4n) is 2.74. The van der Waals surface area contributed by atoms with E-state index in [0.29, 0.717) is 0 Å². The van der Waals surface area contributed by atoms with E-state index in [2.05, 4.69) is 36.0 Å². The van der Waals surface area contributed by atoms with Crippen molar-refractivity contribution in [3.63, 3.8) is 0 Å². The van der Waals surface area contributed by atoms with Gasteiger partial charge >= 0.3 is 0 Å². The van der Waals surface area contributed by atoms with Crippen LogP contribution in [0.4, 0.5) is 11.4 Å². The van der Waals surface area contributed by atoms with Crippen LogP contribution in [0.5, 0.6) is 0 Å². The van der Waals surface area contributed by atoms with Gasteiger partial charge in [0.05, 0.1) is 11.4 Å². The summed E-state index contributed by atoms with van der Waals surface area (Å²) in [7, 11) is 4.35. The van der Waals surface area contributed by atoms with E-state index in [4.69, 9.17) is 5.73 Å². The Kier molecular flexibility index (Phi) is 3.89. The highest BCUT2D eigenvalue weighted by molar-refractivity contribution is 5.66. The Hall–Kier alpha value is -1.22. The molecule has 1 aliphatic heterocycles. The minimum absolute atomic E-state index is 0.762. The van der Waals surface area contributed by atoms with Gasteiger partial charge in [0.15, 0.2) is 0 Å². The van der Waals surface area contributed by atoms with Crippen molar-refractivity contribution < 1.29 is 0 Å². The summed E-state index contributed by atoms with van der Waals surface area (Å²) in [5, 5.41) is 0. The second kappa shape index (κ2) is 5.41. The summed E-state index contributed by atoms with van der Waals surface area (Å²) in [6.45, 7) is 3.54. The molecule has 1 atom stereocenters. The Morgan fingerprint density at radius 1 is 1.41 bits per heavy atom. The maximum atomic E-state index is 6.00. The number of nitrogens with zero attached hydrogens (tertiary/aromatic N) is 2.